The number of nitrogens with zero attached hydrogens (tertiary/aromatic N) is 1. The smallest absolute Gasteiger partial charge is 0.346 e. The third-order valence-electron chi connectivity index (χ3n) is 6.23. The number of nitrogen functional groups attached to an aromatic ring is 1. The average molecular weight is 381 g/mol. The lowest BCUT2D eigenvalue weighted by Crippen LogP contribution is -2.47. The van der Waals surface area contributed by atoms with Gasteiger partial charge >= 0.3 is 11.7 Å². The number of anilines is 1. The fourth-order valence-corrected chi connectivity index (χ4v) is 5.57. The zero-order valence-electron chi connectivity index (χ0n) is 15.4. The number of carboxylic acids is 1. The molecule has 1 aliphatic heterocycles. The number of carbonyl (C=O) groups is 1. The Morgan fingerprint density at radius 1 is 1.54 bits per heavy atom. The number of aromatic nitrogens is 2. The van der Waals surface area contributed by atoms with Crippen LogP contribution < -0.4 is 11.4 Å². The van der Waals surface area contributed by atoms with Crippen LogP contribution >= 0.6 is 11.8 Å². The molecule has 3 rings (SSSR count). The van der Waals surface area contributed by atoms with Gasteiger partial charge in [-0.2, -0.15) is 0 Å². The van der Waals surface area contributed by atoms with Gasteiger partial charge in [0.05, 0.1) is 6.10 Å². The Labute approximate surface area is 157 Å². The number of hydrogen-bond acceptors (Lipinski definition) is 6. The molecule has 4 N–H and O–H groups in total. The molecule has 2 fully saturated rings. The van der Waals surface area contributed by atoms with E-state index >= 15 is 0 Å². The maximum atomic E-state index is 12.3. The fraction of sp³-hybridized carbons (Fsp3) is 0.722. The molecule has 0 spiro atoms. The predicted octanol–water partition coefficient (Wildman–Crippen LogP) is 2.79. The molecule has 7 nitrogen and oxygen atoms in total. The molecule has 144 valence electrons. The molecular weight excluding hydrogens is 354 g/mol. The minimum absolute atomic E-state index is 0.0619. The van der Waals surface area contributed by atoms with E-state index in [4.69, 9.17) is 10.5 Å². The highest BCUT2D eigenvalue weighted by Gasteiger charge is 2.56. The van der Waals surface area contributed by atoms with Crippen molar-refractivity contribution >= 4 is 23.5 Å². The fourth-order valence-electron chi connectivity index (χ4n) is 4.17. The molecule has 4 atom stereocenters. The Morgan fingerprint density at radius 3 is 2.88 bits per heavy atom. The summed E-state index contributed by atoms with van der Waals surface area (Å²) in [6, 6.07) is 0. The first-order chi connectivity index (χ1) is 12.2. The Kier molecular flexibility index (Phi) is 5.09. The molecule has 0 radical (unpaired) electrons. The minimum Gasteiger partial charge on any atom is -0.478 e. The standard InChI is InChI=1S/C18H27N3O4S/c1-10(2)17(3)6-4-5-11(7-17)18(15(22)23)25-13(9-26-18)12-8-20-16(24)21-14(12)19/h8,10-11,13H,4-7,9H2,1-3H3,(H,22,23)(H3,19,20,21,24)/t11?,13-,17?,18-/m1/s1. The normalized spacial score (nSPS) is 34.9. The molecular formula is C18H27N3O4S. The molecule has 1 saturated carbocycles. The van der Waals surface area contributed by atoms with Crippen molar-refractivity contribution in [2.24, 2.45) is 17.3 Å². The van der Waals surface area contributed by atoms with Crippen molar-refractivity contribution in [3.63, 3.8) is 0 Å². The predicted molar refractivity (Wildman–Crippen MR) is 101 cm³/mol. The maximum absolute atomic E-state index is 12.3. The van der Waals surface area contributed by atoms with E-state index in [1.807, 2.05) is 0 Å². The van der Waals surface area contributed by atoms with E-state index in [1.54, 1.807) is 0 Å². The Morgan fingerprint density at radius 2 is 2.27 bits per heavy atom. The topological polar surface area (TPSA) is 118 Å². The van der Waals surface area contributed by atoms with Crippen LogP contribution in [-0.4, -0.2) is 31.7 Å². The lowest BCUT2D eigenvalue weighted by atomic mass is 9.64. The van der Waals surface area contributed by atoms with Crippen molar-refractivity contribution in [2.75, 3.05) is 11.5 Å². The van der Waals surface area contributed by atoms with Crippen molar-refractivity contribution in [1.82, 2.24) is 9.97 Å². The number of ether oxygens (including phenoxy) is 1. The second kappa shape index (κ2) is 6.88. The van der Waals surface area contributed by atoms with Gasteiger partial charge in [0.15, 0.2) is 0 Å². The number of thioether (sulfide) groups is 1. The van der Waals surface area contributed by atoms with Crippen LogP contribution in [0.15, 0.2) is 11.0 Å². The summed E-state index contributed by atoms with van der Waals surface area (Å²) in [7, 11) is 0. The van der Waals surface area contributed by atoms with Gasteiger partial charge < -0.3 is 15.6 Å². The molecule has 2 heterocycles. The van der Waals surface area contributed by atoms with Crippen LogP contribution in [0.2, 0.25) is 0 Å². The summed E-state index contributed by atoms with van der Waals surface area (Å²) in [4.78, 5) is 28.4. The van der Waals surface area contributed by atoms with Gasteiger partial charge in [0.2, 0.25) is 4.93 Å². The summed E-state index contributed by atoms with van der Waals surface area (Å²) in [5.41, 5.74) is 6.03. The molecule has 26 heavy (non-hydrogen) atoms. The third-order valence-corrected chi connectivity index (χ3v) is 7.73. The second-order valence-corrected chi connectivity index (χ2v) is 9.28. The van der Waals surface area contributed by atoms with E-state index in [1.165, 1.54) is 18.0 Å². The lowest BCUT2D eigenvalue weighted by molar-refractivity contribution is -0.165. The molecule has 1 saturated heterocycles. The molecule has 2 aliphatic rings. The number of H-pyrrole nitrogens is 1. The molecule has 0 aromatic carbocycles. The molecule has 8 heteroatoms. The Balaban J connectivity index is 1.88. The molecule has 0 amide bonds. The van der Waals surface area contributed by atoms with Gasteiger partial charge in [-0.15, -0.1) is 11.8 Å². The summed E-state index contributed by atoms with van der Waals surface area (Å²) in [5, 5.41) is 10.1. The van der Waals surface area contributed by atoms with Gasteiger partial charge in [0.25, 0.3) is 0 Å². The first-order valence-corrected chi connectivity index (χ1v) is 10.1. The summed E-state index contributed by atoms with van der Waals surface area (Å²) < 4.78 is 6.15. The lowest BCUT2D eigenvalue weighted by Gasteiger charge is -2.45. The number of carboxylic acid groups (broad SMARTS) is 1. The quantitative estimate of drug-likeness (QED) is 0.734. The molecule has 2 unspecified atom stereocenters. The van der Waals surface area contributed by atoms with E-state index in [0.29, 0.717) is 17.2 Å². The van der Waals surface area contributed by atoms with Crippen LogP contribution in [-0.2, 0) is 9.53 Å². The summed E-state index contributed by atoms with van der Waals surface area (Å²) in [5.74, 6) is 0.149. The van der Waals surface area contributed by atoms with Crippen molar-refractivity contribution < 1.29 is 14.6 Å². The van der Waals surface area contributed by atoms with Crippen LogP contribution in [0.4, 0.5) is 5.82 Å². The highest BCUT2D eigenvalue weighted by atomic mass is 32.2. The Bertz CT molecular complexity index is 752. The number of hydrogen-bond donors (Lipinski definition) is 3. The van der Waals surface area contributed by atoms with E-state index in [9.17, 15) is 14.7 Å². The largest absolute Gasteiger partial charge is 0.478 e. The highest BCUT2D eigenvalue weighted by molar-refractivity contribution is 8.01. The van der Waals surface area contributed by atoms with E-state index in [2.05, 4.69) is 30.7 Å². The molecule has 1 aromatic rings. The average Bonchev–Trinajstić information content (AvgIpc) is 3.01. The van der Waals surface area contributed by atoms with Gasteiger partial charge in [0, 0.05) is 23.4 Å². The van der Waals surface area contributed by atoms with E-state index in [-0.39, 0.29) is 17.2 Å². The van der Waals surface area contributed by atoms with Gasteiger partial charge in [-0.25, -0.2) is 14.6 Å². The van der Waals surface area contributed by atoms with E-state index in [0.717, 1.165) is 25.7 Å². The highest BCUT2D eigenvalue weighted by Crippen LogP contribution is 2.56. The first kappa shape index (κ1) is 19.2. The number of aromatic amines is 1. The van der Waals surface area contributed by atoms with Crippen LogP contribution in [0.25, 0.3) is 0 Å². The van der Waals surface area contributed by atoms with Crippen molar-refractivity contribution in [2.45, 2.75) is 57.5 Å². The number of rotatable bonds is 4. The second-order valence-electron chi connectivity index (χ2n) is 8.05. The zero-order valence-corrected chi connectivity index (χ0v) is 16.3. The summed E-state index contributed by atoms with van der Waals surface area (Å²) in [6.07, 6.45) is 4.68. The Hall–Kier alpha value is -1.54. The van der Waals surface area contributed by atoms with E-state index < -0.39 is 22.7 Å². The molecule has 0 bridgehead atoms. The van der Waals surface area contributed by atoms with Crippen molar-refractivity contribution in [3.8, 4) is 0 Å². The van der Waals surface area contributed by atoms with Gasteiger partial charge in [-0.05, 0) is 30.6 Å². The number of nitrogens with one attached hydrogen (secondary N) is 1. The van der Waals surface area contributed by atoms with Crippen LogP contribution in [0.5, 0.6) is 0 Å². The van der Waals surface area contributed by atoms with Crippen molar-refractivity contribution in [3.05, 3.63) is 22.2 Å². The van der Waals surface area contributed by atoms with Gasteiger partial charge in [-0.3, -0.25) is 4.98 Å². The maximum Gasteiger partial charge on any atom is 0.346 e. The first-order valence-electron chi connectivity index (χ1n) is 9.08. The van der Waals surface area contributed by atoms with Gasteiger partial charge in [0.1, 0.15) is 5.82 Å². The van der Waals surface area contributed by atoms with Gasteiger partial charge in [-0.1, -0.05) is 27.2 Å². The minimum atomic E-state index is -1.27. The van der Waals surface area contributed by atoms with Crippen LogP contribution in [0.3, 0.4) is 0 Å². The SMILES string of the molecule is CC(C)C1(C)CCCC([C@@]2(C(=O)O)O[C@@H](c3cnc(=O)[nH]c3N)CS2)C1. The third kappa shape index (κ3) is 3.24. The number of aliphatic carboxylic acids is 1. The summed E-state index contributed by atoms with van der Waals surface area (Å²) in [6.45, 7) is 6.65. The monoisotopic (exact) mass is 381 g/mol. The number of nitrogens with two attached hydrogens (primary N) is 1. The zero-order chi connectivity index (χ0) is 19.1. The van der Waals surface area contributed by atoms with Crippen molar-refractivity contribution in [1.29, 1.82) is 0 Å². The van der Waals surface area contributed by atoms with Crippen LogP contribution in [0.1, 0.15) is 58.1 Å². The summed E-state index contributed by atoms with van der Waals surface area (Å²) >= 11 is 1.34. The molecule has 1 aromatic heterocycles. The van der Waals surface area contributed by atoms with Crippen LogP contribution in [0, 0.1) is 17.3 Å². The molecule has 1 aliphatic carbocycles.